The average molecular weight is 324 g/mol. The Morgan fingerprint density at radius 3 is 2.74 bits per heavy atom. The Kier molecular flexibility index (Phi) is 4.73. The molecule has 2 aromatic carbocycles. The quantitative estimate of drug-likeness (QED) is 0.576. The zero-order chi connectivity index (χ0) is 16.1. The van der Waals surface area contributed by atoms with Crippen LogP contribution in [0, 0.1) is 6.92 Å². The normalized spacial score (nSPS) is 11.2. The minimum absolute atomic E-state index is 0.193. The van der Waals surface area contributed by atoms with Crippen LogP contribution in [-0.2, 0) is 5.75 Å². The van der Waals surface area contributed by atoms with Crippen LogP contribution < -0.4 is 0 Å². The smallest absolute Gasteiger partial charge is 0.212 e. The van der Waals surface area contributed by atoms with Crippen LogP contribution in [0.15, 0.2) is 65.1 Å². The lowest BCUT2D eigenvalue weighted by molar-refractivity contribution is 0.474. The van der Waals surface area contributed by atoms with Gasteiger partial charge in [-0.2, -0.15) is 9.78 Å². The molecule has 0 aliphatic heterocycles. The zero-order valence-electron chi connectivity index (χ0n) is 12.6. The topological polar surface area (TPSA) is 63.3 Å². The lowest BCUT2D eigenvalue weighted by atomic mass is 10.2. The Balaban J connectivity index is 1.70. The van der Waals surface area contributed by atoms with Crippen LogP contribution in [0.5, 0.6) is 5.75 Å². The second-order valence-electron chi connectivity index (χ2n) is 5.04. The van der Waals surface area contributed by atoms with Gasteiger partial charge in [0.25, 0.3) is 0 Å². The molecular weight excluding hydrogens is 308 g/mol. The van der Waals surface area contributed by atoms with Gasteiger partial charge in [0.1, 0.15) is 12.1 Å². The molecule has 1 N–H and O–H groups in total. The molecule has 0 spiro atoms. The average Bonchev–Trinajstić information content (AvgIpc) is 3.01. The fourth-order valence-corrected chi connectivity index (χ4v) is 2.77. The molecule has 3 aromatic rings. The maximum atomic E-state index is 9.75. The first-order chi connectivity index (χ1) is 11.2. The molecule has 6 heteroatoms. The van der Waals surface area contributed by atoms with E-state index in [0.717, 1.165) is 5.75 Å². The SMILES string of the molecule is Cc1ccc(CSc2nncn2/N=C\c2ccccc2O)cc1. The highest BCUT2D eigenvalue weighted by atomic mass is 32.2. The number of aryl methyl sites for hydroxylation is 1. The summed E-state index contributed by atoms with van der Waals surface area (Å²) in [6.07, 6.45) is 3.14. The molecule has 5 nitrogen and oxygen atoms in total. The molecule has 0 unspecified atom stereocenters. The molecule has 1 heterocycles. The van der Waals surface area contributed by atoms with E-state index >= 15 is 0 Å². The first kappa shape index (κ1) is 15.3. The summed E-state index contributed by atoms with van der Waals surface area (Å²) in [5.41, 5.74) is 3.12. The highest BCUT2D eigenvalue weighted by Gasteiger charge is 2.05. The van der Waals surface area contributed by atoms with E-state index in [9.17, 15) is 5.11 Å². The second kappa shape index (κ2) is 7.11. The Bertz CT molecular complexity index is 811. The fraction of sp³-hybridized carbons (Fsp3) is 0.118. The van der Waals surface area contributed by atoms with Gasteiger partial charge < -0.3 is 5.11 Å². The first-order valence-corrected chi connectivity index (χ1v) is 8.11. The predicted octanol–water partition coefficient (Wildman–Crippen LogP) is 3.47. The molecule has 0 atom stereocenters. The van der Waals surface area contributed by atoms with Crippen LogP contribution in [0.4, 0.5) is 0 Å². The Morgan fingerprint density at radius 1 is 1.17 bits per heavy atom. The molecule has 0 radical (unpaired) electrons. The molecule has 0 aliphatic rings. The molecular formula is C17H16N4OS. The van der Waals surface area contributed by atoms with Gasteiger partial charge in [-0.3, -0.25) is 0 Å². The van der Waals surface area contributed by atoms with E-state index in [0.29, 0.717) is 10.7 Å². The number of phenolic OH excluding ortho intramolecular Hbond substituents is 1. The molecule has 23 heavy (non-hydrogen) atoms. The van der Waals surface area contributed by atoms with Crippen LogP contribution in [0.25, 0.3) is 0 Å². The van der Waals surface area contributed by atoms with Crippen LogP contribution in [0.3, 0.4) is 0 Å². The van der Waals surface area contributed by atoms with Gasteiger partial charge in [-0.25, -0.2) is 0 Å². The second-order valence-corrected chi connectivity index (χ2v) is 5.98. The Labute approximate surface area is 138 Å². The number of phenols is 1. The Morgan fingerprint density at radius 2 is 1.96 bits per heavy atom. The van der Waals surface area contributed by atoms with Crippen LogP contribution in [0.1, 0.15) is 16.7 Å². The maximum absolute atomic E-state index is 9.75. The standard InChI is InChI=1S/C17H16N4OS/c1-13-6-8-14(9-7-13)11-23-17-20-18-12-21(17)19-10-15-4-2-3-5-16(15)22/h2-10,12,22H,11H2,1H3/b19-10-. The van der Waals surface area contributed by atoms with Gasteiger partial charge >= 0.3 is 0 Å². The molecule has 0 saturated carbocycles. The van der Waals surface area contributed by atoms with Crippen molar-refractivity contribution < 1.29 is 5.11 Å². The van der Waals surface area contributed by atoms with Gasteiger partial charge in [-0.05, 0) is 24.6 Å². The van der Waals surface area contributed by atoms with E-state index < -0.39 is 0 Å². The van der Waals surface area contributed by atoms with E-state index in [-0.39, 0.29) is 5.75 Å². The van der Waals surface area contributed by atoms with E-state index in [1.54, 1.807) is 47.2 Å². The summed E-state index contributed by atoms with van der Waals surface area (Å²) in [5, 5.41) is 22.7. The molecule has 3 rings (SSSR count). The Hall–Kier alpha value is -2.60. The number of benzene rings is 2. The molecule has 0 saturated heterocycles. The van der Waals surface area contributed by atoms with Crippen molar-refractivity contribution >= 4 is 18.0 Å². The number of aromatic hydroxyl groups is 1. The number of para-hydroxylation sites is 1. The lowest BCUT2D eigenvalue weighted by Crippen LogP contribution is -1.93. The maximum Gasteiger partial charge on any atom is 0.212 e. The van der Waals surface area contributed by atoms with Crippen LogP contribution in [0.2, 0.25) is 0 Å². The largest absolute Gasteiger partial charge is 0.507 e. The van der Waals surface area contributed by atoms with Gasteiger partial charge in [-0.1, -0.05) is 53.7 Å². The third-order valence-electron chi connectivity index (χ3n) is 3.25. The van der Waals surface area contributed by atoms with Gasteiger partial charge in [0.15, 0.2) is 0 Å². The van der Waals surface area contributed by atoms with Crippen molar-refractivity contribution in [3.8, 4) is 5.75 Å². The third kappa shape index (κ3) is 3.98. The summed E-state index contributed by atoms with van der Waals surface area (Å²) in [7, 11) is 0. The fourth-order valence-electron chi connectivity index (χ4n) is 1.95. The van der Waals surface area contributed by atoms with E-state index in [4.69, 9.17) is 0 Å². The van der Waals surface area contributed by atoms with Gasteiger partial charge in [0.05, 0.1) is 6.21 Å². The molecule has 1 aromatic heterocycles. The van der Waals surface area contributed by atoms with Crippen molar-refractivity contribution in [2.24, 2.45) is 5.10 Å². The summed E-state index contributed by atoms with van der Waals surface area (Å²) in [6, 6.07) is 15.4. The van der Waals surface area contributed by atoms with E-state index in [1.807, 2.05) is 6.07 Å². The molecule has 0 fully saturated rings. The van der Waals surface area contributed by atoms with E-state index in [1.165, 1.54) is 11.1 Å². The minimum atomic E-state index is 0.193. The van der Waals surface area contributed by atoms with Crippen LogP contribution in [-0.4, -0.2) is 26.2 Å². The molecule has 116 valence electrons. The molecule has 0 amide bonds. The number of hydrogen-bond donors (Lipinski definition) is 1. The summed E-state index contributed by atoms with van der Waals surface area (Å²) in [5.74, 6) is 0.989. The number of nitrogens with zero attached hydrogens (tertiary/aromatic N) is 4. The number of aromatic nitrogens is 3. The highest BCUT2D eigenvalue weighted by Crippen LogP contribution is 2.21. The van der Waals surface area contributed by atoms with E-state index in [2.05, 4.69) is 46.5 Å². The van der Waals surface area contributed by atoms with Crippen molar-refractivity contribution in [1.29, 1.82) is 0 Å². The lowest BCUT2D eigenvalue weighted by Gasteiger charge is -2.02. The third-order valence-corrected chi connectivity index (χ3v) is 4.25. The minimum Gasteiger partial charge on any atom is -0.507 e. The van der Waals surface area contributed by atoms with Crippen molar-refractivity contribution in [1.82, 2.24) is 14.9 Å². The zero-order valence-corrected chi connectivity index (χ0v) is 13.4. The van der Waals surface area contributed by atoms with Crippen molar-refractivity contribution in [2.45, 2.75) is 17.8 Å². The number of thioether (sulfide) groups is 1. The van der Waals surface area contributed by atoms with Crippen molar-refractivity contribution in [3.05, 3.63) is 71.5 Å². The summed E-state index contributed by atoms with van der Waals surface area (Å²) in [6.45, 7) is 2.07. The van der Waals surface area contributed by atoms with Crippen LogP contribution >= 0.6 is 11.8 Å². The summed E-state index contributed by atoms with van der Waals surface area (Å²) >= 11 is 1.57. The van der Waals surface area contributed by atoms with Crippen molar-refractivity contribution in [3.63, 3.8) is 0 Å². The van der Waals surface area contributed by atoms with Gasteiger partial charge in [0, 0.05) is 11.3 Å². The molecule has 0 bridgehead atoms. The highest BCUT2D eigenvalue weighted by molar-refractivity contribution is 7.98. The monoisotopic (exact) mass is 324 g/mol. The number of hydrogen-bond acceptors (Lipinski definition) is 5. The van der Waals surface area contributed by atoms with Gasteiger partial charge in [-0.15, -0.1) is 10.2 Å². The van der Waals surface area contributed by atoms with Gasteiger partial charge in [0.2, 0.25) is 5.16 Å². The summed E-state index contributed by atoms with van der Waals surface area (Å²) in [4.78, 5) is 0. The summed E-state index contributed by atoms with van der Waals surface area (Å²) < 4.78 is 1.60. The number of rotatable bonds is 5. The molecule has 0 aliphatic carbocycles. The van der Waals surface area contributed by atoms with Crippen molar-refractivity contribution in [2.75, 3.05) is 0 Å². The first-order valence-electron chi connectivity index (χ1n) is 7.13. The predicted molar refractivity (Wildman–Crippen MR) is 91.9 cm³/mol.